The first-order valence-corrected chi connectivity index (χ1v) is 15.8. The van der Waals surface area contributed by atoms with Crippen LogP contribution >= 0.6 is 23.7 Å². The van der Waals surface area contributed by atoms with E-state index in [1.54, 1.807) is 25.4 Å². The zero-order valence-corrected chi connectivity index (χ0v) is 26.3. The first kappa shape index (κ1) is 31.8. The molecule has 1 unspecified atom stereocenters. The van der Waals surface area contributed by atoms with Crippen LogP contribution in [0.5, 0.6) is 5.75 Å². The van der Waals surface area contributed by atoms with Crippen LogP contribution in [0.1, 0.15) is 29.2 Å². The number of hydrogen-bond acceptors (Lipinski definition) is 5. The lowest BCUT2D eigenvalue weighted by Gasteiger charge is -2.18. The summed E-state index contributed by atoms with van der Waals surface area (Å²) >= 11 is 0.360. The summed E-state index contributed by atoms with van der Waals surface area (Å²) < 4.78 is 34.7. The first-order chi connectivity index (χ1) is 19.9. The Balaban J connectivity index is 0.00000405. The molecule has 0 saturated heterocycles. The number of fused-ring (bicyclic) bond motifs is 1. The van der Waals surface area contributed by atoms with Crippen molar-refractivity contribution in [2.24, 2.45) is 0 Å². The topological polar surface area (TPSA) is 57.5 Å². The summed E-state index contributed by atoms with van der Waals surface area (Å²) in [5.41, 5.74) is 3.99. The van der Waals surface area contributed by atoms with Crippen LogP contribution in [-0.4, -0.2) is 33.9 Å². The van der Waals surface area contributed by atoms with Crippen molar-refractivity contribution in [1.82, 2.24) is 9.47 Å². The maximum atomic E-state index is 14.8. The minimum atomic E-state index is -1.18. The van der Waals surface area contributed by atoms with Crippen molar-refractivity contribution >= 4 is 45.1 Å². The fourth-order valence-corrected chi connectivity index (χ4v) is 7.05. The van der Waals surface area contributed by atoms with Crippen LogP contribution in [0.3, 0.4) is 0 Å². The van der Waals surface area contributed by atoms with E-state index in [4.69, 9.17) is 4.74 Å². The number of rotatable bonds is 11. The van der Waals surface area contributed by atoms with Crippen molar-refractivity contribution in [1.29, 1.82) is 0 Å². The number of benzene rings is 3. The maximum Gasteiger partial charge on any atom is 0.198 e. The number of nitrogens with zero attached hydrogens (tertiary/aromatic N) is 2. The highest BCUT2D eigenvalue weighted by molar-refractivity contribution is 7.90. The second kappa shape index (κ2) is 14.4. The minimum absolute atomic E-state index is 0. The minimum Gasteiger partial charge on any atom is -0.616 e. The van der Waals surface area contributed by atoms with Gasteiger partial charge in [-0.3, -0.25) is 9.69 Å². The molecule has 0 bridgehead atoms. The Labute approximate surface area is 259 Å². The number of methoxy groups -OCH3 is 1. The molecule has 0 fully saturated rings. The van der Waals surface area contributed by atoms with E-state index in [2.05, 4.69) is 17.0 Å². The van der Waals surface area contributed by atoms with Crippen molar-refractivity contribution in [3.05, 3.63) is 123 Å². The first-order valence-electron chi connectivity index (χ1n) is 13.5. The summed E-state index contributed by atoms with van der Waals surface area (Å²) in [5.74, 6) is 1.07. The van der Waals surface area contributed by atoms with Crippen molar-refractivity contribution in [3.8, 4) is 16.2 Å². The van der Waals surface area contributed by atoms with Crippen LogP contribution < -0.4 is 10.2 Å². The molecule has 1 atom stereocenters. The molecular weight excluding hydrogens is 591 g/mol. The van der Waals surface area contributed by atoms with Crippen molar-refractivity contribution in [2.75, 3.05) is 19.9 Å². The molecule has 0 amide bonds. The van der Waals surface area contributed by atoms with Gasteiger partial charge in [-0.25, -0.2) is 4.39 Å². The number of hydrogen-bond donors (Lipinski definition) is 0. The summed E-state index contributed by atoms with van der Waals surface area (Å²) in [4.78, 5) is 18.1. The average molecular weight is 625 g/mol. The largest absolute Gasteiger partial charge is 0.616 e. The van der Waals surface area contributed by atoms with E-state index in [0.717, 1.165) is 26.6 Å². The summed E-state index contributed by atoms with van der Waals surface area (Å²) in [6, 6.07) is 24.7. The molecule has 5 nitrogen and oxygen atoms in total. The van der Waals surface area contributed by atoms with E-state index in [1.165, 1.54) is 23.0 Å². The van der Waals surface area contributed by atoms with Crippen LogP contribution in [0.25, 0.3) is 20.7 Å². The second-order valence-electron chi connectivity index (χ2n) is 10.1. The third kappa shape index (κ3) is 7.07. The van der Waals surface area contributed by atoms with E-state index in [1.807, 2.05) is 67.1 Å². The SMILES string of the molecule is CC[S+]([O-])Cc1cn(Cc2ccccc2F)c2sc(-c3ccc(OC)cc3)c(CN(C)Cc3ccccc3)c2c1=O.Cl. The van der Waals surface area contributed by atoms with Crippen LogP contribution in [0.4, 0.5) is 4.39 Å². The Kier molecular flexibility index (Phi) is 10.9. The molecule has 0 aliphatic heterocycles. The quantitative estimate of drug-likeness (QED) is 0.145. The normalized spacial score (nSPS) is 12.0. The number of pyridine rings is 1. The van der Waals surface area contributed by atoms with Gasteiger partial charge < -0.3 is 13.9 Å². The van der Waals surface area contributed by atoms with Gasteiger partial charge in [0.2, 0.25) is 0 Å². The van der Waals surface area contributed by atoms with Crippen molar-refractivity contribution in [2.45, 2.75) is 32.3 Å². The summed E-state index contributed by atoms with van der Waals surface area (Å²) in [6.07, 6.45) is 1.77. The number of halogens is 2. The van der Waals surface area contributed by atoms with Crippen LogP contribution in [0, 0.1) is 5.82 Å². The fourth-order valence-electron chi connectivity index (χ4n) is 5.01. The standard InChI is InChI=1S/C33H33FN2O3S2.ClH/c1-4-41(38)22-26-20-36(19-25-12-8-9-13-29(25)34)33-30(31(26)37)28(21-35(2)18-23-10-6-5-7-11-23)32(40-33)24-14-16-27(39-3)17-15-24;/h5-17,20H,4,18-19,21-22H2,1-3H3;1H. The number of aromatic nitrogens is 1. The highest BCUT2D eigenvalue weighted by atomic mass is 35.5. The molecule has 0 aliphatic carbocycles. The zero-order chi connectivity index (χ0) is 28.9. The fraction of sp³-hybridized carbons (Fsp3) is 0.242. The third-order valence-corrected chi connectivity index (χ3v) is 9.69. The monoisotopic (exact) mass is 624 g/mol. The molecular formula is C33H34ClFN2O3S2. The van der Waals surface area contributed by atoms with Gasteiger partial charge in [0, 0.05) is 29.7 Å². The lowest BCUT2D eigenvalue weighted by molar-refractivity contribution is 0.321. The lowest BCUT2D eigenvalue weighted by atomic mass is 10.0. The van der Waals surface area contributed by atoms with Gasteiger partial charge in [0.25, 0.3) is 0 Å². The predicted octanol–water partition coefficient (Wildman–Crippen LogP) is 7.25. The summed E-state index contributed by atoms with van der Waals surface area (Å²) in [6.45, 7) is 3.36. The van der Waals surface area contributed by atoms with Gasteiger partial charge in [-0.2, -0.15) is 0 Å². The highest BCUT2D eigenvalue weighted by Crippen LogP contribution is 2.39. The van der Waals surface area contributed by atoms with Gasteiger partial charge >= 0.3 is 0 Å². The van der Waals surface area contributed by atoms with Crippen molar-refractivity contribution in [3.63, 3.8) is 0 Å². The number of ether oxygens (including phenoxy) is 1. The Morgan fingerprint density at radius 2 is 1.67 bits per heavy atom. The van der Waals surface area contributed by atoms with Gasteiger partial charge in [-0.15, -0.1) is 23.7 Å². The molecule has 0 radical (unpaired) electrons. The summed E-state index contributed by atoms with van der Waals surface area (Å²) in [7, 11) is 3.68. The van der Waals surface area contributed by atoms with E-state index < -0.39 is 11.2 Å². The third-order valence-electron chi connectivity index (χ3n) is 7.09. The second-order valence-corrected chi connectivity index (χ2v) is 12.8. The molecule has 42 heavy (non-hydrogen) atoms. The number of thiophene rings is 1. The Bertz CT molecular complexity index is 1690. The van der Waals surface area contributed by atoms with Gasteiger partial charge in [-0.05, 0) is 72.2 Å². The van der Waals surface area contributed by atoms with E-state index >= 15 is 0 Å². The van der Waals surface area contributed by atoms with Gasteiger partial charge in [-0.1, -0.05) is 48.5 Å². The molecule has 3 aromatic carbocycles. The van der Waals surface area contributed by atoms with Gasteiger partial charge in [0.15, 0.2) is 5.43 Å². The zero-order valence-electron chi connectivity index (χ0n) is 23.8. The van der Waals surface area contributed by atoms with Gasteiger partial charge in [0.1, 0.15) is 27.9 Å². The molecule has 0 N–H and O–H groups in total. The molecule has 0 aliphatic rings. The average Bonchev–Trinajstić information content (AvgIpc) is 3.36. The van der Waals surface area contributed by atoms with Crippen LogP contribution in [0.2, 0.25) is 0 Å². The molecule has 0 spiro atoms. The maximum absolute atomic E-state index is 14.8. The smallest absolute Gasteiger partial charge is 0.198 e. The molecule has 0 saturated carbocycles. The Morgan fingerprint density at radius 3 is 2.33 bits per heavy atom. The summed E-state index contributed by atoms with van der Waals surface area (Å²) in [5, 5.41) is 0.614. The molecule has 5 aromatic rings. The van der Waals surface area contributed by atoms with Crippen molar-refractivity contribution < 1.29 is 13.7 Å². The van der Waals surface area contributed by atoms with E-state index in [9.17, 15) is 13.7 Å². The predicted molar refractivity (Wildman–Crippen MR) is 175 cm³/mol. The lowest BCUT2D eigenvalue weighted by Crippen LogP contribution is -2.22. The highest BCUT2D eigenvalue weighted by Gasteiger charge is 2.24. The Hall–Kier alpha value is -3.14. The van der Waals surface area contributed by atoms with Crippen LogP contribution in [-0.2, 0) is 36.6 Å². The van der Waals surface area contributed by atoms with Gasteiger partial charge in [0.05, 0.1) is 24.6 Å². The Morgan fingerprint density at radius 1 is 0.976 bits per heavy atom. The molecule has 9 heteroatoms. The van der Waals surface area contributed by atoms with E-state index in [-0.39, 0.29) is 36.0 Å². The molecule has 2 aromatic heterocycles. The van der Waals surface area contributed by atoms with Crippen LogP contribution in [0.15, 0.2) is 89.9 Å². The molecule has 5 rings (SSSR count). The molecule has 2 heterocycles. The molecule has 220 valence electrons. The van der Waals surface area contributed by atoms with E-state index in [0.29, 0.717) is 35.4 Å².